The fraction of sp³-hybridized carbons (Fsp3) is 0.733. The van der Waals surface area contributed by atoms with Crippen LogP contribution in [0.2, 0.25) is 0 Å². The second-order valence-electron chi connectivity index (χ2n) is 5.72. The van der Waals surface area contributed by atoms with Crippen LogP contribution in [-0.2, 0) is 9.59 Å². The van der Waals surface area contributed by atoms with Crippen molar-refractivity contribution in [2.75, 3.05) is 13.6 Å². The summed E-state index contributed by atoms with van der Waals surface area (Å²) in [5, 5.41) is 5.75. The molecule has 20 heavy (non-hydrogen) atoms. The van der Waals surface area contributed by atoms with E-state index in [1.165, 1.54) is 0 Å². The third kappa shape index (κ3) is 3.82. The van der Waals surface area contributed by atoms with E-state index in [9.17, 15) is 9.59 Å². The summed E-state index contributed by atoms with van der Waals surface area (Å²) in [4.78, 5) is 26.5. The molecule has 2 N–H and O–H groups in total. The number of likely N-dealkylation sites (N-methyl/N-ethyl adjacent to an activating group) is 1. The molecule has 3 atom stereocenters. The van der Waals surface area contributed by atoms with Crippen molar-refractivity contribution < 1.29 is 9.59 Å². The molecule has 1 heterocycles. The minimum absolute atomic E-state index is 0.000877. The molecule has 1 aliphatic rings. The van der Waals surface area contributed by atoms with Crippen LogP contribution in [0.5, 0.6) is 0 Å². The number of nitrogens with one attached hydrogen (secondary N) is 2. The van der Waals surface area contributed by atoms with Crippen LogP contribution in [0, 0.1) is 5.92 Å². The van der Waals surface area contributed by atoms with E-state index in [0.29, 0.717) is 0 Å². The average Bonchev–Trinajstić information content (AvgIpc) is 2.90. The minimum Gasteiger partial charge on any atom is -0.343 e. The van der Waals surface area contributed by atoms with Gasteiger partial charge in [0.15, 0.2) is 0 Å². The first-order valence-corrected chi connectivity index (χ1v) is 7.33. The lowest BCUT2D eigenvalue weighted by Gasteiger charge is -2.30. The Balaban J connectivity index is 2.77. The Morgan fingerprint density at radius 1 is 1.35 bits per heavy atom. The van der Waals surface area contributed by atoms with E-state index >= 15 is 0 Å². The predicted octanol–water partition coefficient (Wildman–Crippen LogP) is 0.912. The fourth-order valence-electron chi connectivity index (χ4n) is 2.41. The Morgan fingerprint density at radius 2 is 2.00 bits per heavy atom. The van der Waals surface area contributed by atoms with Gasteiger partial charge in [-0.1, -0.05) is 19.9 Å². The summed E-state index contributed by atoms with van der Waals surface area (Å²) in [6, 6.07) is -0.681. The molecule has 0 aliphatic carbocycles. The highest BCUT2D eigenvalue weighted by Gasteiger charge is 2.34. The standard InChI is InChI=1S/C15H27N3O2/c1-6-12-8-7-9-18(12)15(20)13(10(2)3)17-14(19)11(4)16-5/h6,10-13,16H,1,7-9H2,2-5H3,(H,17,19)/t11-,12+,13-/m0/s1. The lowest BCUT2D eigenvalue weighted by Crippen LogP contribution is -2.55. The molecule has 0 unspecified atom stereocenters. The van der Waals surface area contributed by atoms with Crippen molar-refractivity contribution in [3.63, 3.8) is 0 Å². The van der Waals surface area contributed by atoms with Gasteiger partial charge in [-0.3, -0.25) is 9.59 Å². The van der Waals surface area contributed by atoms with Crippen LogP contribution in [0.25, 0.3) is 0 Å². The normalized spacial score (nSPS) is 21.6. The molecule has 0 saturated carbocycles. The van der Waals surface area contributed by atoms with Gasteiger partial charge in [0, 0.05) is 12.6 Å². The van der Waals surface area contributed by atoms with E-state index in [4.69, 9.17) is 0 Å². The van der Waals surface area contributed by atoms with E-state index in [0.717, 1.165) is 19.4 Å². The zero-order valence-electron chi connectivity index (χ0n) is 13.0. The summed E-state index contributed by atoms with van der Waals surface area (Å²) >= 11 is 0. The van der Waals surface area contributed by atoms with E-state index < -0.39 is 6.04 Å². The SMILES string of the molecule is C=C[C@@H]1CCCN1C(=O)[C@@H](NC(=O)[C@H](C)NC)C(C)C. The second-order valence-corrected chi connectivity index (χ2v) is 5.72. The summed E-state index contributed by atoms with van der Waals surface area (Å²) in [5.41, 5.74) is 0. The average molecular weight is 281 g/mol. The van der Waals surface area contributed by atoms with Gasteiger partial charge in [-0.2, -0.15) is 0 Å². The van der Waals surface area contributed by atoms with Crippen LogP contribution in [0.3, 0.4) is 0 Å². The van der Waals surface area contributed by atoms with Gasteiger partial charge in [-0.05, 0) is 32.7 Å². The summed E-state index contributed by atoms with van der Waals surface area (Å²) < 4.78 is 0. The monoisotopic (exact) mass is 281 g/mol. The first-order chi connectivity index (χ1) is 9.42. The van der Waals surface area contributed by atoms with Gasteiger partial charge in [0.05, 0.1) is 6.04 Å². The van der Waals surface area contributed by atoms with Crippen molar-refractivity contribution in [2.45, 2.75) is 51.7 Å². The lowest BCUT2D eigenvalue weighted by molar-refractivity contribution is -0.138. The van der Waals surface area contributed by atoms with Gasteiger partial charge in [0.1, 0.15) is 6.04 Å². The smallest absolute Gasteiger partial charge is 0.245 e. The molecule has 114 valence electrons. The van der Waals surface area contributed by atoms with Gasteiger partial charge in [0.2, 0.25) is 11.8 Å². The molecule has 5 nitrogen and oxygen atoms in total. The number of amides is 2. The maximum absolute atomic E-state index is 12.6. The summed E-state index contributed by atoms with van der Waals surface area (Å²) in [6.45, 7) is 10.2. The predicted molar refractivity (Wildman–Crippen MR) is 80.2 cm³/mol. The quantitative estimate of drug-likeness (QED) is 0.712. The molecule has 0 bridgehead atoms. The first kappa shape index (κ1) is 16.7. The number of nitrogens with zero attached hydrogens (tertiary/aromatic N) is 1. The number of carbonyl (C=O) groups is 2. The highest BCUT2D eigenvalue weighted by atomic mass is 16.2. The Labute approximate surface area is 121 Å². The van der Waals surface area contributed by atoms with Crippen LogP contribution in [-0.4, -0.2) is 48.4 Å². The van der Waals surface area contributed by atoms with Gasteiger partial charge >= 0.3 is 0 Å². The lowest BCUT2D eigenvalue weighted by atomic mass is 10.0. The fourth-order valence-corrected chi connectivity index (χ4v) is 2.41. The molecule has 1 fully saturated rings. The zero-order chi connectivity index (χ0) is 15.3. The van der Waals surface area contributed by atoms with Gasteiger partial charge in [-0.25, -0.2) is 0 Å². The molecule has 1 aliphatic heterocycles. The molecule has 0 aromatic rings. The number of hydrogen-bond acceptors (Lipinski definition) is 3. The molecule has 1 rings (SSSR count). The second kappa shape index (κ2) is 7.43. The molecular formula is C15H27N3O2. The van der Waals surface area contributed by atoms with E-state index in [1.807, 2.05) is 24.8 Å². The summed E-state index contributed by atoms with van der Waals surface area (Å²) in [5.74, 6) is -0.0884. The highest BCUT2D eigenvalue weighted by Crippen LogP contribution is 2.20. The maximum atomic E-state index is 12.6. The minimum atomic E-state index is -0.473. The van der Waals surface area contributed by atoms with Gasteiger partial charge in [0.25, 0.3) is 0 Å². The summed E-state index contributed by atoms with van der Waals surface area (Å²) in [6.07, 6.45) is 3.77. The Hall–Kier alpha value is -1.36. The Morgan fingerprint density at radius 3 is 2.50 bits per heavy atom. The molecule has 0 aromatic carbocycles. The molecule has 5 heteroatoms. The third-order valence-corrected chi connectivity index (χ3v) is 3.91. The summed E-state index contributed by atoms with van der Waals surface area (Å²) in [7, 11) is 1.73. The van der Waals surface area contributed by atoms with Gasteiger partial charge in [-0.15, -0.1) is 6.58 Å². The number of likely N-dealkylation sites (tertiary alicyclic amines) is 1. The van der Waals surface area contributed by atoms with Gasteiger partial charge < -0.3 is 15.5 Å². The zero-order valence-corrected chi connectivity index (χ0v) is 13.0. The molecule has 0 spiro atoms. The highest BCUT2D eigenvalue weighted by molar-refractivity contribution is 5.90. The van der Waals surface area contributed by atoms with E-state index in [1.54, 1.807) is 14.0 Å². The van der Waals surface area contributed by atoms with E-state index in [2.05, 4.69) is 17.2 Å². The Bertz CT molecular complexity index is 368. The van der Waals surface area contributed by atoms with Crippen LogP contribution in [0.15, 0.2) is 12.7 Å². The van der Waals surface area contributed by atoms with Crippen molar-refractivity contribution in [1.29, 1.82) is 0 Å². The van der Waals surface area contributed by atoms with Crippen molar-refractivity contribution in [2.24, 2.45) is 5.92 Å². The molecule has 1 saturated heterocycles. The van der Waals surface area contributed by atoms with E-state index in [-0.39, 0.29) is 29.8 Å². The van der Waals surface area contributed by atoms with Crippen molar-refractivity contribution >= 4 is 11.8 Å². The number of hydrogen-bond donors (Lipinski definition) is 2. The largest absolute Gasteiger partial charge is 0.343 e. The molecule has 0 radical (unpaired) electrons. The van der Waals surface area contributed by atoms with Crippen molar-refractivity contribution in [3.05, 3.63) is 12.7 Å². The van der Waals surface area contributed by atoms with Crippen LogP contribution >= 0.6 is 0 Å². The number of rotatable bonds is 6. The maximum Gasteiger partial charge on any atom is 0.245 e. The van der Waals surface area contributed by atoms with Crippen molar-refractivity contribution in [1.82, 2.24) is 15.5 Å². The first-order valence-electron chi connectivity index (χ1n) is 7.33. The van der Waals surface area contributed by atoms with Crippen LogP contribution in [0.1, 0.15) is 33.6 Å². The molecular weight excluding hydrogens is 254 g/mol. The molecule has 2 amide bonds. The van der Waals surface area contributed by atoms with Crippen LogP contribution in [0.4, 0.5) is 0 Å². The Kier molecular flexibility index (Phi) is 6.20. The van der Waals surface area contributed by atoms with Crippen molar-refractivity contribution in [3.8, 4) is 0 Å². The number of carbonyl (C=O) groups excluding carboxylic acids is 2. The van der Waals surface area contributed by atoms with Crippen LogP contribution < -0.4 is 10.6 Å². The third-order valence-electron chi connectivity index (χ3n) is 3.91. The topological polar surface area (TPSA) is 61.4 Å². The molecule has 0 aromatic heterocycles.